The van der Waals surface area contributed by atoms with Crippen molar-refractivity contribution in [2.75, 3.05) is 0 Å². The lowest BCUT2D eigenvalue weighted by Gasteiger charge is -2.00. The van der Waals surface area contributed by atoms with E-state index in [0.29, 0.717) is 12.5 Å². The van der Waals surface area contributed by atoms with Crippen LogP contribution in [0, 0.1) is 0 Å². The van der Waals surface area contributed by atoms with E-state index in [1.807, 2.05) is 28.6 Å². The summed E-state index contributed by atoms with van der Waals surface area (Å²) >= 11 is 0. The van der Waals surface area contributed by atoms with Gasteiger partial charge in [0.05, 0.1) is 13.6 Å². The molecule has 0 unspecified atom stereocenters. The van der Waals surface area contributed by atoms with E-state index in [9.17, 15) is 4.79 Å². The van der Waals surface area contributed by atoms with E-state index in [0.717, 1.165) is 13.0 Å². The van der Waals surface area contributed by atoms with Crippen molar-refractivity contribution in [3.63, 3.8) is 0 Å². The molecule has 1 aromatic rings. The molecule has 0 spiro atoms. The first kappa shape index (κ1) is 13.7. The molecule has 1 heterocycles. The van der Waals surface area contributed by atoms with Gasteiger partial charge >= 0.3 is 12.5 Å². The lowest BCUT2D eigenvalue weighted by atomic mass is 10.1. The van der Waals surface area contributed by atoms with Gasteiger partial charge in [0.2, 0.25) is 0 Å². The van der Waals surface area contributed by atoms with E-state index in [-0.39, 0.29) is 0 Å². The van der Waals surface area contributed by atoms with E-state index >= 15 is 0 Å². The quantitative estimate of drug-likeness (QED) is 0.376. The number of aryl methyl sites for hydroxylation is 2. The summed E-state index contributed by atoms with van der Waals surface area (Å²) in [5.41, 5.74) is 0. The van der Waals surface area contributed by atoms with Crippen LogP contribution in [0.15, 0.2) is 12.4 Å². The molecule has 0 N–H and O–H groups in total. The monoisotopic (exact) mass is 239 g/mol. The third-order valence-electron chi connectivity index (χ3n) is 2.92. The summed E-state index contributed by atoms with van der Waals surface area (Å²) in [6.07, 6.45) is 11.5. The van der Waals surface area contributed by atoms with Crippen molar-refractivity contribution in [3.05, 3.63) is 12.4 Å². The van der Waals surface area contributed by atoms with Crippen LogP contribution in [0.1, 0.15) is 45.4 Å². The van der Waals surface area contributed by atoms with E-state index in [2.05, 4.69) is 6.92 Å². The number of imidazole rings is 1. The number of carbonyl (C=O) groups excluding carboxylic acids is 1. The minimum absolute atomic E-state index is 0.479. The van der Waals surface area contributed by atoms with Crippen LogP contribution in [0.2, 0.25) is 0 Å². The van der Waals surface area contributed by atoms with Crippen molar-refractivity contribution < 1.29 is 14.1 Å². The topological polar surface area (TPSA) is 35.1 Å². The number of nitrogens with zero attached hydrogens (tertiary/aromatic N) is 2. The maximum Gasteiger partial charge on any atom is 0.463 e. The van der Waals surface area contributed by atoms with E-state index in [1.54, 1.807) is 0 Å². The molecule has 0 aromatic carbocycles. The predicted molar refractivity (Wildman–Crippen MR) is 65.7 cm³/mol. The van der Waals surface area contributed by atoms with Gasteiger partial charge in [0.25, 0.3) is 0 Å². The standard InChI is InChI=1S/C13H23N2O2/c1-3-4-5-6-7-8-9-15-11-10-14(2)13(15)17-12-16/h10-12H,3-9H2,1-2H3/q+1. The number of aromatic nitrogens is 2. The normalized spacial score (nSPS) is 10.5. The van der Waals surface area contributed by atoms with Crippen molar-refractivity contribution in [1.82, 2.24) is 4.57 Å². The van der Waals surface area contributed by atoms with Crippen LogP contribution < -0.4 is 9.30 Å². The fourth-order valence-electron chi connectivity index (χ4n) is 1.94. The van der Waals surface area contributed by atoms with Gasteiger partial charge in [-0.05, 0) is 12.8 Å². The summed E-state index contributed by atoms with van der Waals surface area (Å²) in [5.74, 6) is 0. The number of carbonyl (C=O) groups is 1. The molecule has 0 amide bonds. The van der Waals surface area contributed by atoms with Crippen LogP contribution in [-0.2, 0) is 18.4 Å². The van der Waals surface area contributed by atoms with E-state index < -0.39 is 0 Å². The SMILES string of the molecule is CCCCCCCCn1cc[n+](C)c1OC=O. The zero-order valence-corrected chi connectivity index (χ0v) is 10.9. The summed E-state index contributed by atoms with van der Waals surface area (Å²) in [4.78, 5) is 10.4. The Bertz CT molecular complexity index is 334. The largest absolute Gasteiger partial charge is 0.463 e. The predicted octanol–water partition coefficient (Wildman–Crippen LogP) is 2.21. The highest BCUT2D eigenvalue weighted by Crippen LogP contribution is 2.09. The molecular formula is C13H23N2O2+. The number of ether oxygens (including phenoxy) is 1. The van der Waals surface area contributed by atoms with Gasteiger partial charge in [0, 0.05) is 0 Å². The molecule has 0 saturated heterocycles. The van der Waals surface area contributed by atoms with Crippen molar-refractivity contribution in [2.24, 2.45) is 7.05 Å². The molecule has 4 heteroatoms. The zero-order valence-electron chi connectivity index (χ0n) is 10.9. The van der Waals surface area contributed by atoms with Crippen LogP contribution in [-0.4, -0.2) is 11.0 Å². The van der Waals surface area contributed by atoms with Gasteiger partial charge < -0.3 is 4.74 Å². The molecule has 0 saturated carbocycles. The Morgan fingerprint density at radius 2 is 2.00 bits per heavy atom. The Morgan fingerprint density at radius 1 is 1.29 bits per heavy atom. The lowest BCUT2D eigenvalue weighted by molar-refractivity contribution is -0.674. The highest BCUT2D eigenvalue weighted by molar-refractivity contribution is 5.40. The molecular weight excluding hydrogens is 216 g/mol. The third-order valence-corrected chi connectivity index (χ3v) is 2.92. The fourth-order valence-corrected chi connectivity index (χ4v) is 1.94. The molecule has 1 rings (SSSR count). The summed E-state index contributed by atoms with van der Waals surface area (Å²) in [6.45, 7) is 3.62. The van der Waals surface area contributed by atoms with Gasteiger partial charge in [-0.15, -0.1) is 0 Å². The summed E-state index contributed by atoms with van der Waals surface area (Å²) in [6, 6.07) is 0.605. The maximum atomic E-state index is 10.4. The molecule has 0 atom stereocenters. The summed E-state index contributed by atoms with van der Waals surface area (Å²) in [7, 11) is 1.87. The number of unbranched alkanes of at least 4 members (excludes halogenated alkanes) is 5. The second-order valence-electron chi connectivity index (χ2n) is 4.37. The van der Waals surface area contributed by atoms with Crippen molar-refractivity contribution >= 4 is 6.47 Å². The van der Waals surface area contributed by atoms with Crippen molar-refractivity contribution in [2.45, 2.75) is 52.0 Å². The van der Waals surface area contributed by atoms with Gasteiger partial charge in [-0.1, -0.05) is 32.6 Å². The molecule has 0 bridgehead atoms. The zero-order chi connectivity index (χ0) is 12.5. The van der Waals surface area contributed by atoms with Gasteiger partial charge in [0.1, 0.15) is 12.4 Å². The molecule has 17 heavy (non-hydrogen) atoms. The van der Waals surface area contributed by atoms with Crippen molar-refractivity contribution in [1.29, 1.82) is 0 Å². The first-order valence-electron chi connectivity index (χ1n) is 6.44. The Hall–Kier alpha value is -1.32. The number of hydrogen-bond donors (Lipinski definition) is 0. The molecule has 96 valence electrons. The highest BCUT2D eigenvalue weighted by Gasteiger charge is 2.15. The molecule has 0 aliphatic carbocycles. The molecule has 1 aromatic heterocycles. The van der Waals surface area contributed by atoms with E-state index in [4.69, 9.17) is 4.74 Å². The van der Waals surface area contributed by atoms with Crippen LogP contribution in [0.4, 0.5) is 0 Å². The first-order valence-corrected chi connectivity index (χ1v) is 6.44. The number of hydrogen-bond acceptors (Lipinski definition) is 2. The average molecular weight is 239 g/mol. The van der Waals surface area contributed by atoms with Gasteiger partial charge in [-0.2, -0.15) is 9.13 Å². The second-order valence-corrected chi connectivity index (χ2v) is 4.37. The smallest absolute Gasteiger partial charge is 0.360 e. The van der Waals surface area contributed by atoms with Crippen LogP contribution in [0.5, 0.6) is 6.01 Å². The Kier molecular flexibility index (Phi) is 6.37. The van der Waals surface area contributed by atoms with Crippen LogP contribution in [0.25, 0.3) is 0 Å². The Morgan fingerprint density at radius 3 is 2.71 bits per heavy atom. The van der Waals surface area contributed by atoms with Gasteiger partial charge in [-0.25, -0.2) is 0 Å². The minimum Gasteiger partial charge on any atom is -0.360 e. The first-order chi connectivity index (χ1) is 8.29. The second kappa shape index (κ2) is 7.87. The molecule has 0 fully saturated rings. The molecule has 0 aliphatic rings. The van der Waals surface area contributed by atoms with E-state index in [1.165, 1.54) is 32.1 Å². The van der Waals surface area contributed by atoms with Crippen LogP contribution >= 0.6 is 0 Å². The maximum absolute atomic E-state index is 10.4. The third kappa shape index (κ3) is 4.59. The van der Waals surface area contributed by atoms with Gasteiger partial charge in [-0.3, -0.25) is 4.79 Å². The van der Waals surface area contributed by atoms with Crippen molar-refractivity contribution in [3.8, 4) is 6.01 Å². The average Bonchev–Trinajstić information content (AvgIpc) is 2.66. The molecule has 0 radical (unpaired) electrons. The van der Waals surface area contributed by atoms with Crippen LogP contribution in [0.3, 0.4) is 0 Å². The Balaban J connectivity index is 2.28. The Labute approximate surface area is 103 Å². The van der Waals surface area contributed by atoms with Gasteiger partial charge in [0.15, 0.2) is 0 Å². The summed E-state index contributed by atoms with van der Waals surface area (Å²) in [5, 5.41) is 0. The summed E-state index contributed by atoms with van der Waals surface area (Å²) < 4.78 is 8.74. The number of rotatable bonds is 9. The lowest BCUT2D eigenvalue weighted by Crippen LogP contribution is -2.28. The molecule has 0 aliphatic heterocycles. The minimum atomic E-state index is 0.479. The fraction of sp³-hybridized carbons (Fsp3) is 0.692. The molecule has 4 nitrogen and oxygen atoms in total. The highest BCUT2D eigenvalue weighted by atomic mass is 16.5.